The number of thiazole rings is 1. The van der Waals surface area contributed by atoms with Crippen molar-refractivity contribution >= 4 is 28.2 Å². The molecule has 1 aromatic carbocycles. The molecule has 3 rings (SSSR count). The maximum absolute atomic E-state index is 11.8. The van der Waals surface area contributed by atoms with Crippen LogP contribution in [0.1, 0.15) is 17.7 Å². The minimum absolute atomic E-state index is 0.0652. The number of esters is 1. The summed E-state index contributed by atoms with van der Waals surface area (Å²) >= 11 is 1.50. The van der Waals surface area contributed by atoms with Gasteiger partial charge in [0.2, 0.25) is 0 Å². The Balaban J connectivity index is 1.31. The number of carbonyl (C=O) groups excluding carboxylic acids is 2. The Labute approximate surface area is 149 Å². The first-order valence-electron chi connectivity index (χ1n) is 8.08. The lowest BCUT2D eigenvalue weighted by Crippen LogP contribution is -2.30. The number of aryl methyl sites for hydroxylation is 1. The van der Waals surface area contributed by atoms with E-state index < -0.39 is 5.97 Å². The van der Waals surface area contributed by atoms with Crippen molar-refractivity contribution in [2.45, 2.75) is 19.3 Å². The number of amides is 1. The van der Waals surface area contributed by atoms with Crippen molar-refractivity contribution in [3.05, 3.63) is 59.4 Å². The standard InChI is InChI=1S/C18H19N3O3S/c22-16(19-8-4-7-14-5-2-1-3-6-14)13-24-17(23)11-15-12-21-9-10-25-18(21)20-15/h1-3,5-6,9-10,12H,4,7-8,11,13H2,(H,19,22). The van der Waals surface area contributed by atoms with Gasteiger partial charge in [0.05, 0.1) is 12.1 Å². The van der Waals surface area contributed by atoms with Gasteiger partial charge in [-0.15, -0.1) is 11.3 Å². The van der Waals surface area contributed by atoms with E-state index in [9.17, 15) is 9.59 Å². The lowest BCUT2D eigenvalue weighted by molar-refractivity contribution is -0.147. The van der Waals surface area contributed by atoms with Gasteiger partial charge in [0.25, 0.3) is 5.91 Å². The van der Waals surface area contributed by atoms with E-state index in [1.54, 1.807) is 6.20 Å². The first kappa shape index (κ1) is 17.2. The Morgan fingerprint density at radius 1 is 1.24 bits per heavy atom. The number of benzene rings is 1. The number of hydrogen-bond acceptors (Lipinski definition) is 5. The summed E-state index contributed by atoms with van der Waals surface area (Å²) in [5.41, 5.74) is 1.88. The SMILES string of the molecule is O=C(COC(=O)Cc1cn2ccsc2n1)NCCCc1ccccc1. The van der Waals surface area contributed by atoms with Gasteiger partial charge in [-0.3, -0.25) is 14.0 Å². The van der Waals surface area contributed by atoms with Crippen LogP contribution in [0.3, 0.4) is 0 Å². The van der Waals surface area contributed by atoms with Crippen molar-refractivity contribution < 1.29 is 14.3 Å². The highest BCUT2D eigenvalue weighted by Gasteiger charge is 2.11. The average Bonchev–Trinajstić information content (AvgIpc) is 3.19. The van der Waals surface area contributed by atoms with Gasteiger partial charge in [-0.25, -0.2) is 4.98 Å². The van der Waals surface area contributed by atoms with Crippen molar-refractivity contribution in [2.24, 2.45) is 0 Å². The Morgan fingerprint density at radius 3 is 2.88 bits per heavy atom. The van der Waals surface area contributed by atoms with Crippen molar-refractivity contribution in [1.82, 2.24) is 14.7 Å². The highest BCUT2D eigenvalue weighted by atomic mass is 32.1. The number of imidazole rings is 1. The van der Waals surface area contributed by atoms with Crippen LogP contribution in [0, 0.1) is 0 Å². The lowest BCUT2D eigenvalue weighted by atomic mass is 10.1. The third kappa shape index (κ3) is 5.15. The first-order valence-corrected chi connectivity index (χ1v) is 8.96. The number of carbonyl (C=O) groups is 2. The molecule has 0 saturated carbocycles. The van der Waals surface area contributed by atoms with Gasteiger partial charge in [-0.1, -0.05) is 30.3 Å². The van der Waals surface area contributed by atoms with Crippen LogP contribution in [0.25, 0.3) is 4.96 Å². The Kier molecular flexibility index (Phi) is 5.79. The molecule has 7 heteroatoms. The molecule has 0 spiro atoms. The zero-order valence-electron chi connectivity index (χ0n) is 13.7. The van der Waals surface area contributed by atoms with Crippen LogP contribution in [-0.4, -0.2) is 34.4 Å². The molecular formula is C18H19N3O3S. The average molecular weight is 357 g/mol. The molecule has 0 bridgehead atoms. The van der Waals surface area contributed by atoms with E-state index in [2.05, 4.69) is 22.4 Å². The quantitative estimate of drug-likeness (QED) is 0.496. The molecule has 0 unspecified atom stereocenters. The fourth-order valence-corrected chi connectivity index (χ4v) is 3.14. The molecule has 0 saturated heterocycles. The number of fused-ring (bicyclic) bond motifs is 1. The Bertz CT molecular complexity index is 813. The van der Waals surface area contributed by atoms with E-state index in [0.717, 1.165) is 17.8 Å². The van der Waals surface area contributed by atoms with E-state index in [4.69, 9.17) is 4.74 Å². The summed E-state index contributed by atoms with van der Waals surface area (Å²) in [5.74, 6) is -0.738. The summed E-state index contributed by atoms with van der Waals surface area (Å²) in [6.07, 6.45) is 5.48. The van der Waals surface area contributed by atoms with Crippen LogP contribution in [0.2, 0.25) is 0 Å². The van der Waals surface area contributed by atoms with Gasteiger partial charge in [0.15, 0.2) is 11.6 Å². The second-order valence-corrected chi connectivity index (χ2v) is 6.47. The third-order valence-electron chi connectivity index (χ3n) is 3.64. The van der Waals surface area contributed by atoms with Crippen LogP contribution in [0.15, 0.2) is 48.1 Å². The molecule has 1 amide bonds. The Hall–Kier alpha value is -2.67. The van der Waals surface area contributed by atoms with Crippen molar-refractivity contribution in [3.8, 4) is 0 Å². The van der Waals surface area contributed by atoms with Crippen LogP contribution in [0.5, 0.6) is 0 Å². The molecule has 3 aromatic rings. The summed E-state index contributed by atoms with van der Waals surface area (Å²) in [5, 5.41) is 4.68. The molecule has 25 heavy (non-hydrogen) atoms. The first-order chi connectivity index (χ1) is 12.2. The van der Waals surface area contributed by atoms with Gasteiger partial charge in [-0.2, -0.15) is 0 Å². The van der Waals surface area contributed by atoms with E-state index in [-0.39, 0.29) is 18.9 Å². The zero-order chi connectivity index (χ0) is 17.5. The predicted molar refractivity (Wildman–Crippen MR) is 95.5 cm³/mol. The maximum atomic E-state index is 11.8. The van der Waals surface area contributed by atoms with E-state index in [1.807, 2.05) is 34.2 Å². The van der Waals surface area contributed by atoms with Crippen molar-refractivity contribution in [2.75, 3.05) is 13.2 Å². The topological polar surface area (TPSA) is 72.7 Å². The summed E-state index contributed by atoms with van der Waals surface area (Å²) in [6, 6.07) is 10.1. The van der Waals surface area contributed by atoms with Gasteiger partial charge in [-0.05, 0) is 18.4 Å². The monoisotopic (exact) mass is 357 g/mol. The summed E-state index contributed by atoms with van der Waals surface area (Å²) in [4.78, 5) is 28.6. The molecule has 0 fully saturated rings. The minimum Gasteiger partial charge on any atom is -0.455 e. The normalized spacial score (nSPS) is 10.7. The molecule has 2 aromatic heterocycles. The van der Waals surface area contributed by atoms with Crippen LogP contribution in [0.4, 0.5) is 0 Å². The number of nitrogens with one attached hydrogen (secondary N) is 1. The van der Waals surface area contributed by atoms with E-state index >= 15 is 0 Å². The van der Waals surface area contributed by atoms with Gasteiger partial charge < -0.3 is 10.1 Å². The van der Waals surface area contributed by atoms with Crippen LogP contribution < -0.4 is 5.32 Å². The third-order valence-corrected chi connectivity index (χ3v) is 4.41. The molecular weight excluding hydrogens is 338 g/mol. The van der Waals surface area contributed by atoms with Gasteiger partial charge in [0, 0.05) is 24.3 Å². The highest BCUT2D eigenvalue weighted by Crippen LogP contribution is 2.11. The molecule has 1 N–H and O–H groups in total. The number of rotatable bonds is 8. The summed E-state index contributed by atoms with van der Waals surface area (Å²) < 4.78 is 6.85. The molecule has 0 atom stereocenters. The number of ether oxygens (including phenoxy) is 1. The molecule has 0 aliphatic carbocycles. The van der Waals surface area contributed by atoms with Crippen LogP contribution >= 0.6 is 11.3 Å². The van der Waals surface area contributed by atoms with Gasteiger partial charge in [0.1, 0.15) is 0 Å². The highest BCUT2D eigenvalue weighted by molar-refractivity contribution is 7.15. The summed E-state index contributed by atoms with van der Waals surface area (Å²) in [6.45, 7) is 0.301. The van der Waals surface area contributed by atoms with Crippen molar-refractivity contribution in [3.63, 3.8) is 0 Å². The molecule has 130 valence electrons. The molecule has 2 heterocycles. The molecule has 6 nitrogen and oxygen atoms in total. The van der Waals surface area contributed by atoms with E-state index in [1.165, 1.54) is 16.9 Å². The smallest absolute Gasteiger partial charge is 0.312 e. The van der Waals surface area contributed by atoms with Crippen LogP contribution in [-0.2, 0) is 27.2 Å². The lowest BCUT2D eigenvalue weighted by Gasteiger charge is -2.06. The second-order valence-electron chi connectivity index (χ2n) is 5.60. The largest absolute Gasteiger partial charge is 0.455 e. The Morgan fingerprint density at radius 2 is 2.08 bits per heavy atom. The summed E-state index contributed by atoms with van der Waals surface area (Å²) in [7, 11) is 0. The fraction of sp³-hybridized carbons (Fsp3) is 0.278. The number of aromatic nitrogens is 2. The maximum Gasteiger partial charge on any atom is 0.312 e. The fourth-order valence-electron chi connectivity index (χ4n) is 2.42. The number of nitrogens with zero attached hydrogens (tertiary/aromatic N) is 2. The van der Waals surface area contributed by atoms with E-state index in [0.29, 0.717) is 12.2 Å². The molecule has 0 aliphatic heterocycles. The minimum atomic E-state index is -0.454. The zero-order valence-corrected chi connectivity index (χ0v) is 14.5. The van der Waals surface area contributed by atoms with Gasteiger partial charge >= 0.3 is 5.97 Å². The predicted octanol–water partition coefficient (Wildman–Crippen LogP) is 2.23. The second kappa shape index (κ2) is 8.43. The molecule has 0 radical (unpaired) electrons. The number of hydrogen-bond donors (Lipinski definition) is 1. The molecule has 0 aliphatic rings. The van der Waals surface area contributed by atoms with Crippen molar-refractivity contribution in [1.29, 1.82) is 0 Å².